The molecule has 3 nitrogen and oxygen atoms in total. The molecule has 0 amide bonds. The molecule has 1 aliphatic carbocycles. The lowest BCUT2D eigenvalue weighted by molar-refractivity contribution is 0.585. The first-order valence-corrected chi connectivity index (χ1v) is 12.4. The number of thiazole rings is 1. The number of halogens is 3. The fourth-order valence-electron chi connectivity index (χ4n) is 4.73. The molecule has 3 aromatic carbocycles. The molecule has 4 aromatic rings. The van der Waals surface area contributed by atoms with E-state index in [0.717, 1.165) is 40.8 Å². The van der Waals surface area contributed by atoms with Crippen molar-refractivity contribution in [2.24, 2.45) is 4.99 Å². The third-order valence-electron chi connectivity index (χ3n) is 6.30. The lowest BCUT2D eigenvalue weighted by Gasteiger charge is -2.31. The Morgan fingerprint density at radius 2 is 1.82 bits per heavy atom. The van der Waals surface area contributed by atoms with Gasteiger partial charge in [-0.1, -0.05) is 77.0 Å². The SMILES string of the molecule is O=c1c(=Cc2ccc(F)cc2)sc2n1[C@@H](c1ccc(Cl)cc1Cl)C1=C(N=2)c2ccccc2CC1. The summed E-state index contributed by atoms with van der Waals surface area (Å²) in [6.45, 7) is 0. The first-order valence-electron chi connectivity index (χ1n) is 10.8. The van der Waals surface area contributed by atoms with Crippen LogP contribution < -0.4 is 14.9 Å². The Morgan fingerprint density at radius 3 is 2.62 bits per heavy atom. The molecule has 2 aliphatic rings. The standard InChI is InChI=1S/C27H17Cl2FN2OS/c28-17-8-12-20(22(29)14-17)25-21-11-7-16-3-1-2-4-19(16)24(21)31-27-32(25)26(33)23(34-27)13-15-5-9-18(30)10-6-15/h1-6,8-10,12-14,25H,7,11H2/t25-/m0/s1. The number of benzene rings is 3. The Kier molecular flexibility index (Phi) is 5.29. The van der Waals surface area contributed by atoms with E-state index in [1.54, 1.807) is 34.9 Å². The highest BCUT2D eigenvalue weighted by Crippen LogP contribution is 2.43. The van der Waals surface area contributed by atoms with E-state index in [2.05, 4.69) is 12.1 Å². The van der Waals surface area contributed by atoms with Crippen LogP contribution in [0.4, 0.5) is 4.39 Å². The first-order chi connectivity index (χ1) is 16.5. The average molecular weight is 507 g/mol. The van der Waals surface area contributed by atoms with E-state index in [0.29, 0.717) is 19.4 Å². The van der Waals surface area contributed by atoms with E-state index in [9.17, 15) is 9.18 Å². The summed E-state index contributed by atoms with van der Waals surface area (Å²) < 4.78 is 15.6. The number of aromatic nitrogens is 1. The molecule has 0 saturated carbocycles. The second kappa shape index (κ2) is 8.35. The average Bonchev–Trinajstić information content (AvgIpc) is 3.14. The van der Waals surface area contributed by atoms with Crippen molar-refractivity contribution in [3.05, 3.63) is 130 Å². The molecule has 0 spiro atoms. The molecule has 168 valence electrons. The van der Waals surface area contributed by atoms with Crippen molar-refractivity contribution in [3.63, 3.8) is 0 Å². The summed E-state index contributed by atoms with van der Waals surface area (Å²) in [5.41, 5.74) is 5.75. The summed E-state index contributed by atoms with van der Waals surface area (Å²) in [6.07, 6.45) is 3.42. The van der Waals surface area contributed by atoms with Gasteiger partial charge in [-0.3, -0.25) is 9.36 Å². The highest BCUT2D eigenvalue weighted by atomic mass is 35.5. The number of fused-ring (bicyclic) bond motifs is 3. The van der Waals surface area contributed by atoms with Crippen molar-refractivity contribution in [1.82, 2.24) is 4.57 Å². The second-order valence-electron chi connectivity index (χ2n) is 8.33. The van der Waals surface area contributed by atoms with Gasteiger partial charge in [0.1, 0.15) is 5.82 Å². The largest absolute Gasteiger partial charge is 0.272 e. The molecule has 1 aromatic heterocycles. The summed E-state index contributed by atoms with van der Waals surface area (Å²) in [5, 5.41) is 1.05. The summed E-state index contributed by atoms with van der Waals surface area (Å²) in [5.74, 6) is -0.317. The monoisotopic (exact) mass is 506 g/mol. The fraction of sp³-hybridized carbons (Fsp3) is 0.111. The van der Waals surface area contributed by atoms with E-state index in [1.165, 1.54) is 29.0 Å². The lowest BCUT2D eigenvalue weighted by atomic mass is 9.83. The third-order valence-corrected chi connectivity index (χ3v) is 7.84. The van der Waals surface area contributed by atoms with E-state index in [1.807, 2.05) is 18.2 Å². The van der Waals surface area contributed by atoms with Gasteiger partial charge in [0.25, 0.3) is 5.56 Å². The van der Waals surface area contributed by atoms with Crippen LogP contribution >= 0.6 is 34.5 Å². The smallest absolute Gasteiger partial charge is 0.271 e. The van der Waals surface area contributed by atoms with Gasteiger partial charge in [0.2, 0.25) is 0 Å². The Morgan fingerprint density at radius 1 is 1.03 bits per heavy atom. The summed E-state index contributed by atoms with van der Waals surface area (Å²) in [4.78, 5) is 19.3. The Bertz CT molecular complexity index is 1670. The van der Waals surface area contributed by atoms with Crippen molar-refractivity contribution in [2.75, 3.05) is 0 Å². The van der Waals surface area contributed by atoms with Crippen LogP contribution in [0.25, 0.3) is 11.8 Å². The van der Waals surface area contributed by atoms with Gasteiger partial charge < -0.3 is 0 Å². The summed E-state index contributed by atoms with van der Waals surface area (Å²) in [6, 6.07) is 19.4. The maximum absolute atomic E-state index is 13.7. The quantitative estimate of drug-likeness (QED) is 0.340. The van der Waals surface area contributed by atoms with Gasteiger partial charge in [0.05, 0.1) is 16.3 Å². The van der Waals surface area contributed by atoms with Crippen molar-refractivity contribution in [1.29, 1.82) is 0 Å². The van der Waals surface area contributed by atoms with Gasteiger partial charge in [-0.05, 0) is 65.4 Å². The maximum Gasteiger partial charge on any atom is 0.271 e. The van der Waals surface area contributed by atoms with Crippen LogP contribution in [-0.4, -0.2) is 4.57 Å². The van der Waals surface area contributed by atoms with E-state index < -0.39 is 0 Å². The van der Waals surface area contributed by atoms with Crippen LogP contribution in [0.3, 0.4) is 0 Å². The molecule has 0 unspecified atom stereocenters. The van der Waals surface area contributed by atoms with Crippen LogP contribution in [0.1, 0.15) is 34.7 Å². The molecule has 34 heavy (non-hydrogen) atoms. The molecule has 0 fully saturated rings. The fourth-order valence-corrected chi connectivity index (χ4v) is 6.25. The van der Waals surface area contributed by atoms with Crippen LogP contribution in [0.5, 0.6) is 0 Å². The molecule has 0 saturated heterocycles. The molecular formula is C27H17Cl2FN2OS. The van der Waals surface area contributed by atoms with E-state index in [-0.39, 0.29) is 17.4 Å². The summed E-state index contributed by atoms with van der Waals surface area (Å²) in [7, 11) is 0. The molecule has 2 heterocycles. The van der Waals surface area contributed by atoms with Crippen LogP contribution in [-0.2, 0) is 6.42 Å². The number of allylic oxidation sites excluding steroid dienone is 1. The van der Waals surface area contributed by atoms with Gasteiger partial charge in [-0.25, -0.2) is 9.38 Å². The van der Waals surface area contributed by atoms with Crippen LogP contribution in [0.2, 0.25) is 10.0 Å². The number of rotatable bonds is 2. The Hall–Kier alpha value is -2.99. The molecule has 0 N–H and O–H groups in total. The topological polar surface area (TPSA) is 34.4 Å². The molecule has 7 heteroatoms. The van der Waals surface area contributed by atoms with Gasteiger partial charge in [0.15, 0.2) is 4.80 Å². The predicted molar refractivity (Wildman–Crippen MR) is 136 cm³/mol. The van der Waals surface area contributed by atoms with Gasteiger partial charge in [-0.15, -0.1) is 0 Å². The van der Waals surface area contributed by atoms with Crippen LogP contribution in [0, 0.1) is 5.82 Å². The van der Waals surface area contributed by atoms with Gasteiger partial charge >= 0.3 is 0 Å². The lowest BCUT2D eigenvalue weighted by Crippen LogP contribution is -2.38. The number of hydrogen-bond donors (Lipinski definition) is 0. The Balaban J connectivity index is 1.64. The first kappa shape index (κ1) is 21.5. The zero-order valence-corrected chi connectivity index (χ0v) is 20.1. The minimum absolute atomic E-state index is 0.144. The highest BCUT2D eigenvalue weighted by Gasteiger charge is 2.33. The molecule has 0 bridgehead atoms. The normalized spacial score (nSPS) is 17.1. The Labute approximate surface area is 208 Å². The van der Waals surface area contributed by atoms with Crippen molar-refractivity contribution >= 4 is 46.3 Å². The van der Waals surface area contributed by atoms with Crippen LogP contribution in [0.15, 0.2) is 82.1 Å². The predicted octanol–water partition coefficient (Wildman–Crippen LogP) is 5.76. The van der Waals surface area contributed by atoms with Gasteiger partial charge in [0, 0.05) is 15.6 Å². The molecule has 1 atom stereocenters. The maximum atomic E-state index is 13.7. The number of aryl methyl sites for hydroxylation is 1. The van der Waals surface area contributed by atoms with Gasteiger partial charge in [-0.2, -0.15) is 0 Å². The van der Waals surface area contributed by atoms with E-state index >= 15 is 0 Å². The minimum Gasteiger partial charge on any atom is -0.272 e. The molecule has 6 rings (SSSR count). The zero-order chi connectivity index (χ0) is 23.4. The second-order valence-corrected chi connectivity index (χ2v) is 10.2. The molecule has 1 aliphatic heterocycles. The molecule has 0 radical (unpaired) electrons. The molecular weight excluding hydrogens is 490 g/mol. The number of hydrogen-bond acceptors (Lipinski definition) is 3. The number of nitrogens with zero attached hydrogens (tertiary/aromatic N) is 2. The zero-order valence-electron chi connectivity index (χ0n) is 17.8. The highest BCUT2D eigenvalue weighted by molar-refractivity contribution is 7.07. The van der Waals surface area contributed by atoms with E-state index in [4.69, 9.17) is 28.2 Å². The third kappa shape index (κ3) is 3.56. The van der Waals surface area contributed by atoms with Crippen molar-refractivity contribution < 1.29 is 4.39 Å². The van der Waals surface area contributed by atoms with Crippen molar-refractivity contribution in [3.8, 4) is 0 Å². The van der Waals surface area contributed by atoms with Crippen molar-refractivity contribution in [2.45, 2.75) is 18.9 Å². The summed E-state index contributed by atoms with van der Waals surface area (Å²) >= 11 is 14.2. The minimum atomic E-state index is -0.375.